The Morgan fingerprint density at radius 1 is 1.11 bits per heavy atom. The molecule has 0 amide bonds. The van der Waals surface area contributed by atoms with E-state index < -0.39 is 11.7 Å². The molecule has 1 aromatic carbocycles. The van der Waals surface area contributed by atoms with Crippen molar-refractivity contribution in [2.45, 2.75) is 13.1 Å². The fourth-order valence-corrected chi connectivity index (χ4v) is 3.20. The molecule has 3 heterocycles. The minimum absolute atomic E-state index is 0.0112. The third-order valence-electron chi connectivity index (χ3n) is 4.46. The first-order chi connectivity index (χ1) is 13.2. The second kappa shape index (κ2) is 6.49. The fraction of sp³-hybridized carbons (Fsp3) is 0.167. The number of nitrogens with zero attached hydrogens (tertiary/aromatic N) is 4. The zero-order valence-electron chi connectivity index (χ0n) is 14.5. The number of alkyl halides is 3. The molecule has 0 radical (unpaired) electrons. The van der Waals surface area contributed by atoms with Crippen LogP contribution in [0.3, 0.4) is 0 Å². The topological polar surface area (TPSA) is 56.7 Å². The van der Waals surface area contributed by atoms with Gasteiger partial charge < -0.3 is 4.52 Å². The Kier molecular flexibility index (Phi) is 4.35. The molecule has 4 rings (SSSR count). The molecule has 0 bridgehead atoms. The first-order valence-corrected chi connectivity index (χ1v) is 8.74. The van der Waals surface area contributed by atoms with Crippen molar-refractivity contribution in [2.24, 2.45) is 7.05 Å². The highest BCUT2D eigenvalue weighted by Gasteiger charge is 2.36. The summed E-state index contributed by atoms with van der Waals surface area (Å²) in [5, 5.41) is 8.10. The van der Waals surface area contributed by atoms with E-state index in [4.69, 9.17) is 27.7 Å². The van der Waals surface area contributed by atoms with E-state index in [1.807, 2.05) is 0 Å². The normalized spacial score (nSPS) is 12.1. The molecule has 5 nitrogen and oxygen atoms in total. The summed E-state index contributed by atoms with van der Waals surface area (Å²) in [6.45, 7) is 1.74. The number of hydrogen-bond acceptors (Lipinski definition) is 4. The van der Waals surface area contributed by atoms with E-state index in [0.717, 1.165) is 6.07 Å². The van der Waals surface area contributed by atoms with E-state index >= 15 is 0 Å². The molecule has 3 aromatic heterocycles. The highest BCUT2D eigenvalue weighted by Crippen LogP contribution is 2.41. The van der Waals surface area contributed by atoms with Crippen LogP contribution in [0.1, 0.15) is 11.3 Å². The molecule has 0 atom stereocenters. The lowest BCUT2D eigenvalue weighted by molar-refractivity contribution is -0.136. The smallest absolute Gasteiger partial charge is 0.335 e. The molecule has 0 N–H and O–H groups in total. The Hall–Kier alpha value is -2.58. The van der Waals surface area contributed by atoms with Gasteiger partial charge in [-0.25, -0.2) is 4.98 Å². The highest BCUT2D eigenvalue weighted by atomic mass is 35.5. The lowest BCUT2D eigenvalue weighted by Crippen LogP contribution is -2.07. The van der Waals surface area contributed by atoms with Crippen molar-refractivity contribution in [3.05, 3.63) is 51.8 Å². The Bertz CT molecular complexity index is 1210. The summed E-state index contributed by atoms with van der Waals surface area (Å²) in [7, 11) is 1.69. The highest BCUT2D eigenvalue weighted by molar-refractivity contribution is 6.42. The molecule has 0 saturated carbocycles. The lowest BCUT2D eigenvalue weighted by atomic mass is 10.0. The van der Waals surface area contributed by atoms with Crippen molar-refractivity contribution in [3.63, 3.8) is 0 Å². The van der Waals surface area contributed by atoms with Gasteiger partial charge in [-0.15, -0.1) is 0 Å². The van der Waals surface area contributed by atoms with E-state index in [9.17, 15) is 13.2 Å². The number of pyridine rings is 1. The van der Waals surface area contributed by atoms with Gasteiger partial charge in [-0.1, -0.05) is 34.4 Å². The van der Waals surface area contributed by atoms with E-state index in [-0.39, 0.29) is 32.5 Å². The number of fused-ring (bicyclic) bond motifs is 1. The van der Waals surface area contributed by atoms with Crippen molar-refractivity contribution >= 4 is 34.3 Å². The van der Waals surface area contributed by atoms with Crippen LogP contribution in [0.15, 0.2) is 35.0 Å². The number of benzene rings is 1. The Labute approximate surface area is 166 Å². The van der Waals surface area contributed by atoms with Gasteiger partial charge in [-0.3, -0.25) is 4.68 Å². The summed E-state index contributed by atoms with van der Waals surface area (Å²) in [5.41, 5.74) is 0.440. The van der Waals surface area contributed by atoms with Gasteiger partial charge in [0, 0.05) is 23.9 Å². The van der Waals surface area contributed by atoms with Crippen LogP contribution in [-0.4, -0.2) is 19.9 Å². The predicted octanol–water partition coefficient (Wildman–Crippen LogP) is 5.92. The van der Waals surface area contributed by atoms with Crippen molar-refractivity contribution in [1.29, 1.82) is 0 Å². The summed E-state index contributed by atoms with van der Waals surface area (Å²) in [6.07, 6.45) is -3.19. The Morgan fingerprint density at radius 2 is 1.86 bits per heavy atom. The zero-order valence-corrected chi connectivity index (χ0v) is 16.0. The summed E-state index contributed by atoms with van der Waals surface area (Å²) in [5.74, 6) is 0. The van der Waals surface area contributed by atoms with Crippen molar-refractivity contribution < 1.29 is 17.7 Å². The average molecular weight is 427 g/mol. The molecular weight excluding hydrogens is 416 g/mol. The molecule has 10 heteroatoms. The lowest BCUT2D eigenvalue weighted by Gasteiger charge is -2.10. The second-order valence-electron chi connectivity index (χ2n) is 6.16. The van der Waals surface area contributed by atoms with Gasteiger partial charge in [0.25, 0.3) is 5.71 Å². The number of hydrogen-bond donors (Lipinski definition) is 0. The van der Waals surface area contributed by atoms with Crippen LogP contribution < -0.4 is 0 Å². The van der Waals surface area contributed by atoms with Crippen LogP contribution in [0.2, 0.25) is 10.0 Å². The van der Waals surface area contributed by atoms with E-state index in [2.05, 4.69) is 15.2 Å². The quantitative estimate of drug-likeness (QED) is 0.398. The molecule has 0 fully saturated rings. The molecular formula is C18H11Cl2F3N4O. The standard InChI is InChI=1S/C18H11Cl2F3N4O/c1-8-10(7-24-27(8)2)14-6-11(18(21,22)23)15-16(26-28-17(15)25-14)9-3-4-12(19)13(20)5-9/h3-7H,1-2H3. The minimum atomic E-state index is -4.65. The first kappa shape index (κ1) is 18.8. The fourth-order valence-electron chi connectivity index (χ4n) is 2.90. The number of aromatic nitrogens is 4. The summed E-state index contributed by atoms with van der Waals surface area (Å²) >= 11 is 11.9. The predicted molar refractivity (Wildman–Crippen MR) is 99.2 cm³/mol. The number of aryl methyl sites for hydroxylation is 1. The van der Waals surface area contributed by atoms with E-state index in [1.165, 1.54) is 24.4 Å². The van der Waals surface area contributed by atoms with Gasteiger partial charge >= 0.3 is 6.18 Å². The van der Waals surface area contributed by atoms with Gasteiger partial charge in [0.2, 0.25) is 0 Å². The van der Waals surface area contributed by atoms with Crippen LogP contribution in [0.25, 0.3) is 33.6 Å². The minimum Gasteiger partial charge on any atom is -0.335 e. The van der Waals surface area contributed by atoms with E-state index in [1.54, 1.807) is 18.7 Å². The molecule has 28 heavy (non-hydrogen) atoms. The van der Waals surface area contributed by atoms with Gasteiger partial charge in [0.05, 0.1) is 32.9 Å². The second-order valence-corrected chi connectivity index (χ2v) is 6.97. The molecule has 0 aliphatic rings. The van der Waals surface area contributed by atoms with Gasteiger partial charge in [0.1, 0.15) is 5.69 Å². The average Bonchev–Trinajstić information content (AvgIpc) is 3.20. The first-order valence-electron chi connectivity index (χ1n) is 7.99. The van der Waals surface area contributed by atoms with Crippen LogP contribution >= 0.6 is 23.2 Å². The number of rotatable bonds is 2. The van der Waals surface area contributed by atoms with Crippen LogP contribution in [0, 0.1) is 6.92 Å². The third-order valence-corrected chi connectivity index (χ3v) is 5.20. The van der Waals surface area contributed by atoms with Crippen molar-refractivity contribution in [3.8, 4) is 22.5 Å². The van der Waals surface area contributed by atoms with Crippen molar-refractivity contribution in [2.75, 3.05) is 0 Å². The molecule has 0 aliphatic carbocycles. The molecule has 0 spiro atoms. The number of halogens is 5. The third kappa shape index (κ3) is 3.02. The van der Waals surface area contributed by atoms with Crippen LogP contribution in [0.4, 0.5) is 13.2 Å². The van der Waals surface area contributed by atoms with E-state index in [0.29, 0.717) is 16.8 Å². The molecule has 0 saturated heterocycles. The molecule has 0 aliphatic heterocycles. The molecule has 4 aromatic rings. The monoisotopic (exact) mass is 426 g/mol. The summed E-state index contributed by atoms with van der Waals surface area (Å²) in [6, 6.07) is 5.41. The summed E-state index contributed by atoms with van der Waals surface area (Å²) < 4.78 is 48.3. The zero-order chi connectivity index (χ0) is 20.2. The maximum atomic E-state index is 13.9. The SMILES string of the molecule is Cc1c(-c2cc(C(F)(F)F)c3c(-c4ccc(Cl)c(Cl)c4)noc3n2)cnn1C. The molecule has 144 valence electrons. The summed E-state index contributed by atoms with van der Waals surface area (Å²) in [4.78, 5) is 4.24. The molecule has 0 unspecified atom stereocenters. The maximum Gasteiger partial charge on any atom is 0.417 e. The van der Waals surface area contributed by atoms with Gasteiger partial charge in [-0.05, 0) is 25.1 Å². The van der Waals surface area contributed by atoms with Crippen LogP contribution in [0.5, 0.6) is 0 Å². The Morgan fingerprint density at radius 3 is 2.46 bits per heavy atom. The van der Waals surface area contributed by atoms with Crippen LogP contribution in [-0.2, 0) is 13.2 Å². The van der Waals surface area contributed by atoms with Gasteiger partial charge in [0.15, 0.2) is 0 Å². The van der Waals surface area contributed by atoms with Crippen molar-refractivity contribution in [1.82, 2.24) is 19.9 Å². The van der Waals surface area contributed by atoms with Gasteiger partial charge in [-0.2, -0.15) is 18.3 Å². The Balaban J connectivity index is 2.01. The largest absolute Gasteiger partial charge is 0.417 e. The maximum absolute atomic E-state index is 13.9.